The van der Waals surface area contributed by atoms with Gasteiger partial charge in [-0.1, -0.05) is 13.8 Å². The van der Waals surface area contributed by atoms with Gasteiger partial charge in [0.15, 0.2) is 0 Å². The number of ether oxygens (including phenoxy) is 1. The molecule has 0 fully saturated rings. The second-order valence-electron chi connectivity index (χ2n) is 4.63. The zero-order valence-corrected chi connectivity index (χ0v) is 12.8. The minimum atomic E-state index is -0.765. The van der Waals surface area contributed by atoms with E-state index in [0.29, 0.717) is 12.3 Å². The second kappa shape index (κ2) is 8.04. The van der Waals surface area contributed by atoms with Crippen LogP contribution in [0.25, 0.3) is 0 Å². The fourth-order valence-corrected chi connectivity index (χ4v) is 2.02. The molecule has 1 aromatic carbocycles. The molecule has 0 saturated carbocycles. The normalized spacial score (nSPS) is 13.8. The molecule has 5 heteroatoms. The average molecular weight is 284 g/mol. The van der Waals surface area contributed by atoms with Crippen LogP contribution in [0.4, 0.5) is 11.4 Å². The Hall–Kier alpha value is -1.23. The fourth-order valence-electron chi connectivity index (χ4n) is 1.57. The van der Waals surface area contributed by atoms with E-state index in [9.17, 15) is 4.21 Å². The zero-order valence-electron chi connectivity index (χ0n) is 11.9. The summed E-state index contributed by atoms with van der Waals surface area (Å²) in [6.45, 7) is 5.51. The van der Waals surface area contributed by atoms with Crippen molar-refractivity contribution in [2.75, 3.05) is 30.5 Å². The van der Waals surface area contributed by atoms with Crippen LogP contribution < -0.4 is 15.8 Å². The van der Waals surface area contributed by atoms with E-state index in [-0.39, 0.29) is 5.25 Å². The minimum Gasteiger partial charge on any atom is -0.491 e. The first-order chi connectivity index (χ1) is 9.04. The molecule has 19 heavy (non-hydrogen) atoms. The third kappa shape index (κ3) is 5.51. The van der Waals surface area contributed by atoms with Crippen molar-refractivity contribution in [1.29, 1.82) is 0 Å². The Labute approximate surface area is 118 Å². The molecule has 0 radical (unpaired) electrons. The molecule has 1 rings (SSSR count). The summed E-state index contributed by atoms with van der Waals surface area (Å²) in [7, 11) is -0.765. The summed E-state index contributed by atoms with van der Waals surface area (Å²) in [5.41, 5.74) is 7.49. The Morgan fingerprint density at radius 1 is 1.47 bits per heavy atom. The third-order valence-corrected chi connectivity index (χ3v) is 4.29. The molecule has 0 aliphatic carbocycles. The summed E-state index contributed by atoms with van der Waals surface area (Å²) in [5.74, 6) is 0.721. The maximum Gasteiger partial charge on any atom is 0.144 e. The first-order valence-corrected chi connectivity index (χ1v) is 8.25. The number of hydrogen-bond acceptors (Lipinski definition) is 4. The van der Waals surface area contributed by atoms with Gasteiger partial charge in [-0.3, -0.25) is 4.21 Å². The van der Waals surface area contributed by atoms with Crippen LogP contribution in [0.3, 0.4) is 0 Å². The van der Waals surface area contributed by atoms with Crippen LogP contribution in [-0.4, -0.2) is 28.9 Å². The molecular formula is C14H24N2O2S. The van der Waals surface area contributed by atoms with Gasteiger partial charge in [-0.15, -0.1) is 0 Å². The van der Waals surface area contributed by atoms with Gasteiger partial charge in [-0.2, -0.15) is 0 Å². The molecule has 0 aliphatic heterocycles. The van der Waals surface area contributed by atoms with Gasteiger partial charge in [0.1, 0.15) is 5.75 Å². The predicted octanol–water partition coefficient (Wildman–Crippen LogP) is 2.63. The van der Waals surface area contributed by atoms with Crippen LogP contribution in [0.2, 0.25) is 0 Å². The number of rotatable bonds is 8. The molecule has 4 nitrogen and oxygen atoms in total. The highest BCUT2D eigenvalue weighted by Crippen LogP contribution is 2.25. The van der Waals surface area contributed by atoms with E-state index in [4.69, 9.17) is 10.5 Å². The molecule has 0 bridgehead atoms. The van der Waals surface area contributed by atoms with Crippen molar-refractivity contribution in [2.24, 2.45) is 0 Å². The summed E-state index contributed by atoms with van der Waals surface area (Å²) in [6, 6.07) is 5.69. The fraction of sp³-hybridized carbons (Fsp3) is 0.571. The number of nitrogens with one attached hydrogen (secondary N) is 1. The summed E-state index contributed by atoms with van der Waals surface area (Å²) < 4.78 is 16.8. The largest absolute Gasteiger partial charge is 0.491 e. The monoisotopic (exact) mass is 284 g/mol. The highest BCUT2D eigenvalue weighted by molar-refractivity contribution is 7.84. The molecule has 3 N–H and O–H groups in total. The summed E-state index contributed by atoms with van der Waals surface area (Å²) in [4.78, 5) is 0. The lowest BCUT2D eigenvalue weighted by atomic mass is 10.2. The van der Waals surface area contributed by atoms with Gasteiger partial charge in [0, 0.05) is 40.6 Å². The zero-order chi connectivity index (χ0) is 14.3. The van der Waals surface area contributed by atoms with E-state index in [2.05, 4.69) is 12.2 Å². The molecule has 0 aromatic heterocycles. The quantitative estimate of drug-likeness (QED) is 0.720. The third-order valence-electron chi connectivity index (χ3n) is 2.92. The highest BCUT2D eigenvalue weighted by atomic mass is 32.2. The van der Waals surface area contributed by atoms with Gasteiger partial charge >= 0.3 is 0 Å². The summed E-state index contributed by atoms with van der Waals surface area (Å²) >= 11 is 0. The van der Waals surface area contributed by atoms with Crippen molar-refractivity contribution in [1.82, 2.24) is 0 Å². The standard InChI is InChI=1S/C14H24N2O2S/c1-4-9-18-14-10-12(5-6-13(14)15)16-8-7-11(2)19(3)17/h5-6,10-11,16H,4,7-9,15H2,1-3H3. The van der Waals surface area contributed by atoms with Crippen molar-refractivity contribution >= 4 is 22.2 Å². The van der Waals surface area contributed by atoms with Gasteiger partial charge in [0.25, 0.3) is 0 Å². The number of benzene rings is 1. The lowest BCUT2D eigenvalue weighted by molar-refractivity contribution is 0.319. The highest BCUT2D eigenvalue weighted by Gasteiger charge is 2.06. The lowest BCUT2D eigenvalue weighted by Gasteiger charge is -2.13. The van der Waals surface area contributed by atoms with Crippen molar-refractivity contribution in [3.63, 3.8) is 0 Å². The van der Waals surface area contributed by atoms with Crippen molar-refractivity contribution in [2.45, 2.75) is 31.9 Å². The van der Waals surface area contributed by atoms with Crippen LogP contribution in [-0.2, 0) is 10.8 Å². The van der Waals surface area contributed by atoms with Gasteiger partial charge in [-0.05, 0) is 25.0 Å². The van der Waals surface area contributed by atoms with E-state index in [1.54, 1.807) is 6.26 Å². The van der Waals surface area contributed by atoms with Crippen LogP contribution in [0.5, 0.6) is 5.75 Å². The van der Waals surface area contributed by atoms with Crippen LogP contribution in [0.1, 0.15) is 26.7 Å². The Kier molecular flexibility index (Phi) is 6.70. The van der Waals surface area contributed by atoms with Crippen LogP contribution in [0.15, 0.2) is 18.2 Å². The van der Waals surface area contributed by atoms with Gasteiger partial charge < -0.3 is 15.8 Å². The van der Waals surface area contributed by atoms with E-state index in [0.717, 1.165) is 30.8 Å². The molecule has 108 valence electrons. The van der Waals surface area contributed by atoms with Gasteiger partial charge in [0.2, 0.25) is 0 Å². The summed E-state index contributed by atoms with van der Waals surface area (Å²) in [6.07, 6.45) is 3.57. The summed E-state index contributed by atoms with van der Waals surface area (Å²) in [5, 5.41) is 3.51. The van der Waals surface area contributed by atoms with E-state index in [1.807, 2.05) is 25.1 Å². The maximum atomic E-state index is 11.2. The van der Waals surface area contributed by atoms with E-state index < -0.39 is 10.8 Å². The molecule has 0 spiro atoms. The Bertz CT molecular complexity index is 424. The maximum absolute atomic E-state index is 11.2. The van der Waals surface area contributed by atoms with Crippen LogP contribution in [0, 0.1) is 0 Å². The molecule has 2 atom stereocenters. The molecule has 0 heterocycles. The lowest BCUT2D eigenvalue weighted by Crippen LogP contribution is -2.14. The molecule has 0 saturated heterocycles. The van der Waals surface area contributed by atoms with Gasteiger partial charge in [-0.25, -0.2) is 0 Å². The first kappa shape index (κ1) is 15.8. The Balaban J connectivity index is 2.52. The van der Waals surface area contributed by atoms with E-state index in [1.165, 1.54) is 0 Å². The number of nitrogen functional groups attached to an aromatic ring is 1. The minimum absolute atomic E-state index is 0.206. The number of hydrogen-bond donors (Lipinski definition) is 2. The van der Waals surface area contributed by atoms with Gasteiger partial charge in [0.05, 0.1) is 12.3 Å². The Morgan fingerprint density at radius 2 is 2.21 bits per heavy atom. The average Bonchev–Trinajstić information content (AvgIpc) is 2.38. The molecule has 0 amide bonds. The van der Waals surface area contributed by atoms with Crippen molar-refractivity contribution < 1.29 is 8.95 Å². The molecular weight excluding hydrogens is 260 g/mol. The SMILES string of the molecule is CCCOc1cc(NCCC(C)S(C)=O)ccc1N. The smallest absolute Gasteiger partial charge is 0.144 e. The molecule has 0 aliphatic rings. The molecule has 1 aromatic rings. The number of anilines is 2. The van der Waals surface area contributed by atoms with Crippen molar-refractivity contribution in [3.8, 4) is 5.75 Å². The Morgan fingerprint density at radius 3 is 2.84 bits per heavy atom. The topological polar surface area (TPSA) is 64.3 Å². The van der Waals surface area contributed by atoms with Crippen LogP contribution >= 0.6 is 0 Å². The van der Waals surface area contributed by atoms with Crippen molar-refractivity contribution in [3.05, 3.63) is 18.2 Å². The second-order valence-corrected chi connectivity index (χ2v) is 6.43. The van der Waals surface area contributed by atoms with E-state index >= 15 is 0 Å². The predicted molar refractivity (Wildman–Crippen MR) is 83.3 cm³/mol. The molecule has 2 unspecified atom stereocenters. The first-order valence-electron chi connectivity index (χ1n) is 6.63. The number of nitrogens with two attached hydrogens (primary N) is 1.